The Morgan fingerprint density at radius 3 is 2.39 bits per heavy atom. The number of carboxylic acids is 1. The van der Waals surface area contributed by atoms with E-state index in [2.05, 4.69) is 0 Å². The third kappa shape index (κ3) is 5.54. The highest BCUT2D eigenvalue weighted by Crippen LogP contribution is 2.42. The maximum Gasteiger partial charge on any atom is 0.334 e. The van der Waals surface area contributed by atoms with Gasteiger partial charge in [0.25, 0.3) is 5.69 Å². The molecule has 2 atom stereocenters. The van der Waals surface area contributed by atoms with Crippen LogP contribution in [0, 0.1) is 10.1 Å². The summed E-state index contributed by atoms with van der Waals surface area (Å²) < 4.78 is 5.15. The van der Waals surface area contributed by atoms with Crippen molar-refractivity contribution in [2.24, 2.45) is 0 Å². The number of rotatable bonds is 9. The van der Waals surface area contributed by atoms with Crippen LogP contribution in [0.3, 0.4) is 0 Å². The van der Waals surface area contributed by atoms with E-state index in [4.69, 9.17) is 4.74 Å². The van der Waals surface area contributed by atoms with Crippen LogP contribution in [0.15, 0.2) is 53.4 Å². The fraction of sp³-hybridized carbons (Fsp3) is 0.263. The van der Waals surface area contributed by atoms with Crippen LogP contribution >= 0.6 is 11.8 Å². The van der Waals surface area contributed by atoms with Gasteiger partial charge in [-0.25, -0.2) is 4.79 Å². The summed E-state index contributed by atoms with van der Waals surface area (Å²) in [6.07, 6.45) is -0.871. The second-order valence-corrected chi connectivity index (χ2v) is 7.02. The first-order chi connectivity index (χ1) is 13.3. The van der Waals surface area contributed by atoms with Crippen LogP contribution in [0.25, 0.3) is 0 Å². The van der Waals surface area contributed by atoms with Crippen molar-refractivity contribution in [3.05, 3.63) is 64.2 Å². The van der Waals surface area contributed by atoms with E-state index in [1.54, 1.807) is 6.07 Å². The zero-order valence-electron chi connectivity index (χ0n) is 15.0. The second kappa shape index (κ2) is 9.86. The molecule has 2 aromatic carbocycles. The summed E-state index contributed by atoms with van der Waals surface area (Å²) in [5, 5.41) is 29.6. The van der Waals surface area contributed by atoms with Gasteiger partial charge in [-0.15, -0.1) is 11.8 Å². The lowest BCUT2D eigenvalue weighted by molar-refractivity contribution is -0.387. The highest BCUT2D eigenvalue weighted by atomic mass is 32.2. The highest BCUT2D eigenvalue weighted by Gasteiger charge is 2.30. The summed E-state index contributed by atoms with van der Waals surface area (Å²) in [7, 11) is 0. The number of hydrogen-bond donors (Lipinski definition) is 2. The minimum Gasteiger partial charge on any atom is -0.479 e. The van der Waals surface area contributed by atoms with E-state index < -0.39 is 22.2 Å². The molecular weight excluding hydrogens is 386 g/mol. The number of nitrogens with zero attached hydrogens (tertiary/aromatic N) is 1. The van der Waals surface area contributed by atoms with E-state index in [0.29, 0.717) is 17.7 Å². The predicted octanol–water partition coefficient (Wildman–Crippen LogP) is 3.58. The first-order valence-corrected chi connectivity index (χ1v) is 9.33. The van der Waals surface area contributed by atoms with Crippen LogP contribution in [0.4, 0.5) is 5.69 Å². The quantitative estimate of drug-likeness (QED) is 0.213. The number of ether oxygens (including phenoxy) is 1. The highest BCUT2D eigenvalue weighted by molar-refractivity contribution is 7.99. The van der Waals surface area contributed by atoms with Crippen molar-refractivity contribution in [3.8, 4) is 5.75 Å². The summed E-state index contributed by atoms with van der Waals surface area (Å²) in [5.74, 6) is -1.54. The molecule has 0 aliphatic heterocycles. The lowest BCUT2D eigenvalue weighted by atomic mass is 10.1. The Morgan fingerprint density at radius 1 is 1.18 bits per heavy atom. The maximum atomic E-state index is 11.6. The Bertz CT molecular complexity index is 854. The molecule has 0 bridgehead atoms. The van der Waals surface area contributed by atoms with Gasteiger partial charge in [0.05, 0.1) is 15.1 Å². The molecule has 0 aliphatic carbocycles. The lowest BCUT2D eigenvalue weighted by Crippen LogP contribution is -2.26. The molecule has 9 heteroatoms. The largest absolute Gasteiger partial charge is 0.479 e. The number of nitro benzene ring substituents is 1. The van der Waals surface area contributed by atoms with Crippen molar-refractivity contribution in [2.45, 2.75) is 36.0 Å². The zero-order chi connectivity index (χ0) is 20.7. The number of carbonyl (C=O) groups is 2. The van der Waals surface area contributed by atoms with Gasteiger partial charge in [0, 0.05) is 12.5 Å². The molecule has 2 aromatic rings. The van der Waals surface area contributed by atoms with E-state index >= 15 is 0 Å². The van der Waals surface area contributed by atoms with Crippen LogP contribution in [-0.4, -0.2) is 33.2 Å². The van der Waals surface area contributed by atoms with E-state index in [1.807, 2.05) is 6.92 Å². The minimum atomic E-state index is -1.79. The third-order valence-corrected chi connectivity index (χ3v) is 5.13. The predicted molar refractivity (Wildman–Crippen MR) is 102 cm³/mol. The lowest BCUT2D eigenvalue weighted by Gasteiger charge is -2.20. The molecule has 8 nitrogen and oxygen atoms in total. The topological polar surface area (TPSA) is 127 Å². The van der Waals surface area contributed by atoms with Crippen molar-refractivity contribution >= 4 is 29.4 Å². The average Bonchev–Trinajstić information content (AvgIpc) is 2.66. The van der Waals surface area contributed by atoms with Crippen molar-refractivity contribution in [1.82, 2.24) is 0 Å². The van der Waals surface area contributed by atoms with Crippen LogP contribution in [0.5, 0.6) is 5.75 Å². The molecule has 0 saturated heterocycles. The van der Waals surface area contributed by atoms with Gasteiger partial charge >= 0.3 is 11.9 Å². The van der Waals surface area contributed by atoms with E-state index in [-0.39, 0.29) is 23.0 Å². The van der Waals surface area contributed by atoms with Crippen LogP contribution in [0.2, 0.25) is 0 Å². The Morgan fingerprint density at radius 2 is 1.82 bits per heavy atom. The van der Waals surface area contributed by atoms with Crippen molar-refractivity contribution in [1.29, 1.82) is 0 Å². The summed E-state index contributed by atoms with van der Waals surface area (Å²) in [6.45, 7) is 1.85. The molecule has 0 spiro atoms. The van der Waals surface area contributed by atoms with Crippen LogP contribution in [-0.2, 0) is 9.59 Å². The number of carboxylic acid groups (broad SMARTS) is 1. The number of nitro groups is 1. The molecule has 0 saturated carbocycles. The number of carbonyl (C=O) groups excluding carboxylic acids is 1. The van der Waals surface area contributed by atoms with E-state index in [9.17, 15) is 29.9 Å². The SMILES string of the molecule is CCCC(=O)Oc1ccc(C(Sc2ccccc2[N+](=O)[O-])C(O)C(=O)O)cc1. The summed E-state index contributed by atoms with van der Waals surface area (Å²) in [5.41, 5.74) is 0.244. The molecule has 148 valence electrons. The molecule has 2 N–H and O–H groups in total. The molecule has 2 rings (SSSR count). The normalized spacial score (nSPS) is 12.8. The van der Waals surface area contributed by atoms with Gasteiger partial charge < -0.3 is 14.9 Å². The summed E-state index contributed by atoms with van der Waals surface area (Å²) >= 11 is 0.881. The van der Waals surface area contributed by atoms with Crippen molar-refractivity contribution in [2.75, 3.05) is 0 Å². The van der Waals surface area contributed by atoms with Gasteiger partial charge in [0.15, 0.2) is 6.10 Å². The third-order valence-electron chi connectivity index (χ3n) is 3.75. The second-order valence-electron chi connectivity index (χ2n) is 5.84. The molecule has 0 heterocycles. The molecule has 0 aromatic heterocycles. The standard InChI is InChI=1S/C19H19NO7S/c1-2-5-16(21)27-13-10-8-12(9-11-13)18(17(22)19(23)24)28-15-7-4-3-6-14(15)20(25)26/h3-4,6-11,17-18,22H,2,5H2,1H3,(H,23,24). The Kier molecular flexibility index (Phi) is 7.53. The number of aliphatic carboxylic acids is 1. The van der Waals surface area contributed by atoms with Crippen LogP contribution in [0.1, 0.15) is 30.6 Å². The molecule has 0 radical (unpaired) electrons. The van der Waals surface area contributed by atoms with E-state index in [1.165, 1.54) is 42.5 Å². The van der Waals surface area contributed by atoms with Crippen LogP contribution < -0.4 is 4.74 Å². The molecule has 0 amide bonds. The fourth-order valence-corrected chi connectivity index (χ4v) is 3.63. The first-order valence-electron chi connectivity index (χ1n) is 8.45. The van der Waals surface area contributed by atoms with Crippen molar-refractivity contribution in [3.63, 3.8) is 0 Å². The minimum absolute atomic E-state index is 0.180. The van der Waals surface area contributed by atoms with Gasteiger partial charge in [-0.1, -0.05) is 31.2 Å². The molecule has 0 fully saturated rings. The number of hydrogen-bond acceptors (Lipinski definition) is 7. The zero-order valence-corrected chi connectivity index (χ0v) is 15.8. The summed E-state index contributed by atoms with van der Waals surface area (Å²) in [6, 6.07) is 11.9. The average molecular weight is 405 g/mol. The van der Waals surface area contributed by atoms with Gasteiger partial charge in [-0.2, -0.15) is 0 Å². The van der Waals surface area contributed by atoms with Gasteiger partial charge in [-0.3, -0.25) is 14.9 Å². The fourth-order valence-electron chi connectivity index (χ4n) is 2.40. The first kappa shape index (κ1) is 21.4. The number of thioether (sulfide) groups is 1. The number of aliphatic hydroxyl groups excluding tert-OH is 1. The monoisotopic (exact) mass is 405 g/mol. The number of benzene rings is 2. The summed E-state index contributed by atoms with van der Waals surface area (Å²) in [4.78, 5) is 33.8. The van der Waals surface area contributed by atoms with Crippen molar-refractivity contribution < 1.29 is 29.5 Å². The maximum absolute atomic E-state index is 11.6. The van der Waals surface area contributed by atoms with E-state index in [0.717, 1.165) is 11.8 Å². The Labute approximate surface area is 165 Å². The van der Waals surface area contributed by atoms with Gasteiger partial charge in [-0.05, 0) is 30.2 Å². The Balaban J connectivity index is 2.30. The number of para-hydroxylation sites is 1. The molecule has 28 heavy (non-hydrogen) atoms. The molecule has 2 unspecified atom stereocenters. The van der Waals surface area contributed by atoms with Gasteiger partial charge in [0.2, 0.25) is 0 Å². The smallest absolute Gasteiger partial charge is 0.334 e. The number of esters is 1. The Hall–Kier alpha value is -2.91. The molecule has 0 aliphatic rings. The molecular formula is C19H19NO7S. The number of aliphatic hydroxyl groups is 1. The van der Waals surface area contributed by atoms with Gasteiger partial charge in [0.1, 0.15) is 5.75 Å².